The number of carbonyl (C=O) groups is 1. The second-order valence-corrected chi connectivity index (χ2v) is 7.85. The summed E-state index contributed by atoms with van der Waals surface area (Å²) in [6.07, 6.45) is 1.03. The number of para-hydroxylation sites is 1. The fraction of sp³-hybridized carbons (Fsp3) is 0.278. The number of nitrogens with zero attached hydrogens (tertiary/aromatic N) is 1. The number of hydrogen-bond donors (Lipinski definition) is 2. The van der Waals surface area contributed by atoms with Crippen LogP contribution in [0.5, 0.6) is 0 Å². The molecule has 0 spiro atoms. The maximum atomic E-state index is 12.9. The summed E-state index contributed by atoms with van der Waals surface area (Å²) in [4.78, 5) is 13.9. The van der Waals surface area contributed by atoms with Crippen molar-refractivity contribution in [1.82, 2.24) is 9.62 Å². The standard InChI is InChI=1S/C18H20FN3O3S/c19-14-6-8-17(9-7-14)26(24,25)21-16-10-12-22(13-11-16)18(23)20-15-4-2-1-3-5-15/h1-9,16,21H,10-13H2,(H,20,23). The SMILES string of the molecule is O=C(Nc1ccccc1)N1CCC(NS(=O)(=O)c2ccc(F)cc2)CC1. The zero-order chi connectivity index (χ0) is 18.6. The van der Waals surface area contributed by atoms with Gasteiger partial charge in [-0.05, 0) is 49.2 Å². The predicted molar refractivity (Wildman–Crippen MR) is 96.8 cm³/mol. The fourth-order valence-corrected chi connectivity index (χ4v) is 4.13. The molecule has 0 aromatic heterocycles. The topological polar surface area (TPSA) is 78.5 Å². The third-order valence-corrected chi connectivity index (χ3v) is 5.79. The highest BCUT2D eigenvalue weighted by molar-refractivity contribution is 7.89. The molecule has 2 N–H and O–H groups in total. The van der Waals surface area contributed by atoms with E-state index in [4.69, 9.17) is 0 Å². The average Bonchev–Trinajstić information content (AvgIpc) is 2.63. The first-order valence-electron chi connectivity index (χ1n) is 8.33. The van der Waals surface area contributed by atoms with Crippen molar-refractivity contribution in [3.05, 3.63) is 60.4 Å². The van der Waals surface area contributed by atoms with Gasteiger partial charge in [0.2, 0.25) is 10.0 Å². The molecule has 3 rings (SSSR count). The molecular formula is C18H20FN3O3S. The minimum absolute atomic E-state index is 0.0307. The van der Waals surface area contributed by atoms with E-state index in [-0.39, 0.29) is 17.0 Å². The largest absolute Gasteiger partial charge is 0.324 e. The van der Waals surface area contributed by atoms with Gasteiger partial charge in [-0.2, -0.15) is 0 Å². The molecule has 8 heteroatoms. The van der Waals surface area contributed by atoms with E-state index < -0.39 is 15.8 Å². The molecule has 1 saturated heterocycles. The molecular weight excluding hydrogens is 357 g/mol. The Labute approximate surface area is 152 Å². The first-order chi connectivity index (χ1) is 12.4. The van der Waals surface area contributed by atoms with Gasteiger partial charge in [-0.25, -0.2) is 22.3 Å². The molecule has 26 heavy (non-hydrogen) atoms. The number of sulfonamides is 1. The zero-order valence-electron chi connectivity index (χ0n) is 14.1. The summed E-state index contributed by atoms with van der Waals surface area (Å²) in [6.45, 7) is 0.907. The summed E-state index contributed by atoms with van der Waals surface area (Å²) < 4.78 is 40.3. The lowest BCUT2D eigenvalue weighted by Gasteiger charge is -2.32. The Balaban J connectivity index is 1.53. The van der Waals surface area contributed by atoms with E-state index >= 15 is 0 Å². The highest BCUT2D eigenvalue weighted by Crippen LogP contribution is 2.16. The van der Waals surface area contributed by atoms with E-state index in [0.29, 0.717) is 25.9 Å². The second-order valence-electron chi connectivity index (χ2n) is 6.13. The number of hydrogen-bond acceptors (Lipinski definition) is 3. The van der Waals surface area contributed by atoms with Crippen LogP contribution in [0.2, 0.25) is 0 Å². The highest BCUT2D eigenvalue weighted by Gasteiger charge is 2.26. The van der Waals surface area contributed by atoms with Gasteiger partial charge in [-0.3, -0.25) is 0 Å². The first kappa shape index (κ1) is 18.3. The molecule has 138 valence electrons. The molecule has 0 saturated carbocycles. The number of piperidine rings is 1. The number of nitrogens with one attached hydrogen (secondary N) is 2. The molecule has 1 heterocycles. The molecule has 1 aliphatic heterocycles. The Hall–Kier alpha value is -2.45. The number of benzene rings is 2. The normalized spacial score (nSPS) is 15.7. The van der Waals surface area contributed by atoms with Gasteiger partial charge >= 0.3 is 6.03 Å². The van der Waals surface area contributed by atoms with Crippen molar-refractivity contribution in [2.45, 2.75) is 23.8 Å². The Morgan fingerprint density at radius 3 is 2.23 bits per heavy atom. The molecule has 1 aliphatic rings. The fourth-order valence-electron chi connectivity index (χ4n) is 2.83. The Morgan fingerprint density at radius 1 is 1.00 bits per heavy atom. The molecule has 0 aliphatic carbocycles. The van der Waals surface area contributed by atoms with Crippen LogP contribution >= 0.6 is 0 Å². The molecule has 2 aromatic carbocycles. The molecule has 0 unspecified atom stereocenters. The minimum Gasteiger partial charge on any atom is -0.324 e. The van der Waals surface area contributed by atoms with Crippen LogP contribution in [0.4, 0.5) is 14.9 Å². The van der Waals surface area contributed by atoms with Crippen LogP contribution in [0.15, 0.2) is 59.5 Å². The molecule has 0 radical (unpaired) electrons. The lowest BCUT2D eigenvalue weighted by atomic mass is 10.1. The van der Waals surface area contributed by atoms with Crippen LogP contribution in [0.1, 0.15) is 12.8 Å². The third kappa shape index (κ3) is 4.59. The van der Waals surface area contributed by atoms with Gasteiger partial charge < -0.3 is 10.2 Å². The number of anilines is 1. The molecule has 0 atom stereocenters. The maximum absolute atomic E-state index is 12.9. The number of carbonyl (C=O) groups excluding carboxylic acids is 1. The summed E-state index contributed by atoms with van der Waals surface area (Å²) in [7, 11) is -3.70. The van der Waals surface area contributed by atoms with Gasteiger partial charge in [0.25, 0.3) is 0 Å². The Bertz CT molecular complexity index is 849. The van der Waals surface area contributed by atoms with Gasteiger partial charge in [0, 0.05) is 24.8 Å². The molecule has 1 fully saturated rings. The van der Waals surface area contributed by atoms with E-state index in [9.17, 15) is 17.6 Å². The van der Waals surface area contributed by atoms with E-state index in [2.05, 4.69) is 10.0 Å². The minimum atomic E-state index is -3.70. The van der Waals surface area contributed by atoms with Crippen molar-refractivity contribution < 1.29 is 17.6 Å². The van der Waals surface area contributed by atoms with Gasteiger partial charge in [-0.1, -0.05) is 18.2 Å². The maximum Gasteiger partial charge on any atom is 0.321 e. The highest BCUT2D eigenvalue weighted by atomic mass is 32.2. The number of halogens is 1. The van der Waals surface area contributed by atoms with Crippen LogP contribution in [-0.4, -0.2) is 38.5 Å². The summed E-state index contributed by atoms with van der Waals surface area (Å²) >= 11 is 0. The van der Waals surface area contributed by atoms with Gasteiger partial charge in [0.15, 0.2) is 0 Å². The number of amides is 2. The molecule has 0 bridgehead atoms. The summed E-state index contributed by atoms with van der Waals surface area (Å²) in [6, 6.07) is 13.4. The quantitative estimate of drug-likeness (QED) is 0.860. The lowest BCUT2D eigenvalue weighted by Crippen LogP contribution is -2.47. The van der Waals surface area contributed by atoms with Crippen molar-refractivity contribution in [3.8, 4) is 0 Å². The first-order valence-corrected chi connectivity index (χ1v) is 9.81. The number of urea groups is 1. The average molecular weight is 377 g/mol. The van der Waals surface area contributed by atoms with Crippen LogP contribution in [0.25, 0.3) is 0 Å². The van der Waals surface area contributed by atoms with Crippen molar-refractivity contribution in [2.24, 2.45) is 0 Å². The van der Waals surface area contributed by atoms with E-state index in [1.165, 1.54) is 12.1 Å². The predicted octanol–water partition coefficient (Wildman–Crippen LogP) is 2.80. The lowest BCUT2D eigenvalue weighted by molar-refractivity contribution is 0.193. The van der Waals surface area contributed by atoms with Crippen LogP contribution in [0, 0.1) is 5.82 Å². The van der Waals surface area contributed by atoms with Crippen LogP contribution in [0.3, 0.4) is 0 Å². The molecule has 2 amide bonds. The Morgan fingerprint density at radius 2 is 1.62 bits per heavy atom. The van der Waals surface area contributed by atoms with Gasteiger partial charge in [0.1, 0.15) is 5.82 Å². The number of likely N-dealkylation sites (tertiary alicyclic amines) is 1. The summed E-state index contributed by atoms with van der Waals surface area (Å²) in [5, 5.41) is 2.82. The molecule has 2 aromatic rings. The van der Waals surface area contributed by atoms with E-state index in [1.54, 1.807) is 4.90 Å². The van der Waals surface area contributed by atoms with Crippen LogP contribution in [-0.2, 0) is 10.0 Å². The van der Waals surface area contributed by atoms with E-state index in [0.717, 1.165) is 17.8 Å². The second kappa shape index (κ2) is 7.84. The monoisotopic (exact) mass is 377 g/mol. The van der Waals surface area contributed by atoms with Crippen molar-refractivity contribution in [2.75, 3.05) is 18.4 Å². The smallest absolute Gasteiger partial charge is 0.321 e. The Kier molecular flexibility index (Phi) is 5.53. The van der Waals surface area contributed by atoms with Crippen molar-refractivity contribution in [3.63, 3.8) is 0 Å². The van der Waals surface area contributed by atoms with Crippen molar-refractivity contribution in [1.29, 1.82) is 0 Å². The zero-order valence-corrected chi connectivity index (χ0v) is 14.9. The summed E-state index contributed by atoms with van der Waals surface area (Å²) in [5.41, 5.74) is 0.719. The van der Waals surface area contributed by atoms with Gasteiger partial charge in [0.05, 0.1) is 4.90 Å². The van der Waals surface area contributed by atoms with Crippen molar-refractivity contribution >= 4 is 21.7 Å². The summed E-state index contributed by atoms with van der Waals surface area (Å²) in [5.74, 6) is -0.485. The molecule has 6 nitrogen and oxygen atoms in total. The third-order valence-electron chi connectivity index (χ3n) is 4.25. The van der Waals surface area contributed by atoms with Gasteiger partial charge in [-0.15, -0.1) is 0 Å². The van der Waals surface area contributed by atoms with E-state index in [1.807, 2.05) is 30.3 Å². The number of rotatable bonds is 4. The van der Waals surface area contributed by atoms with Crippen LogP contribution < -0.4 is 10.0 Å².